The van der Waals surface area contributed by atoms with Crippen molar-refractivity contribution in [2.24, 2.45) is 0 Å². The van der Waals surface area contributed by atoms with E-state index in [9.17, 15) is 10.1 Å². The van der Waals surface area contributed by atoms with Gasteiger partial charge in [0.15, 0.2) is 0 Å². The van der Waals surface area contributed by atoms with Crippen LogP contribution < -0.4 is 0 Å². The monoisotopic (exact) mass is 220 g/mol. The summed E-state index contributed by atoms with van der Waals surface area (Å²) in [5.41, 5.74) is 0.484. The number of hydrogen-bond acceptors (Lipinski definition) is 3. The van der Waals surface area contributed by atoms with Crippen molar-refractivity contribution in [2.75, 3.05) is 5.88 Å². The molecule has 0 atom stereocenters. The van der Waals surface area contributed by atoms with E-state index in [1.165, 1.54) is 18.2 Å². The highest BCUT2D eigenvalue weighted by Gasteiger charge is 2.08. The minimum absolute atomic E-state index is 0.143. The average Bonchev–Trinajstić information content (AvgIpc) is 2.25. The third-order valence-corrected chi connectivity index (χ3v) is 1.69. The van der Waals surface area contributed by atoms with Gasteiger partial charge in [-0.3, -0.25) is 10.1 Å². The SMILES string of the molecule is N#Cc1cc(C#CCCl)cc([N+](=O)[O-])c1. The predicted octanol–water partition coefficient (Wildman–Crippen LogP) is 2.06. The molecule has 74 valence electrons. The Kier molecular flexibility index (Phi) is 3.68. The molecule has 0 radical (unpaired) electrons. The molecule has 0 amide bonds. The summed E-state index contributed by atoms with van der Waals surface area (Å²) in [4.78, 5) is 9.95. The summed E-state index contributed by atoms with van der Waals surface area (Å²) >= 11 is 5.35. The molecule has 0 aliphatic heterocycles. The molecule has 0 saturated heterocycles. The average molecular weight is 221 g/mol. The third-order valence-electron chi connectivity index (χ3n) is 1.56. The lowest BCUT2D eigenvalue weighted by atomic mass is 10.1. The Morgan fingerprint density at radius 2 is 2.07 bits per heavy atom. The Balaban J connectivity index is 3.24. The van der Waals surface area contributed by atoms with E-state index in [2.05, 4.69) is 11.8 Å². The summed E-state index contributed by atoms with van der Waals surface area (Å²) in [6.07, 6.45) is 0. The predicted molar refractivity (Wildman–Crippen MR) is 55.4 cm³/mol. The molecule has 1 rings (SSSR count). The summed E-state index contributed by atoms with van der Waals surface area (Å²) in [5, 5.41) is 19.2. The molecule has 0 N–H and O–H groups in total. The molecule has 0 spiro atoms. The highest BCUT2D eigenvalue weighted by atomic mass is 35.5. The third kappa shape index (κ3) is 2.98. The van der Waals surface area contributed by atoms with Crippen molar-refractivity contribution in [2.45, 2.75) is 0 Å². The highest BCUT2D eigenvalue weighted by molar-refractivity contribution is 6.19. The van der Waals surface area contributed by atoms with Gasteiger partial charge in [0.05, 0.1) is 22.4 Å². The molecule has 1 aromatic rings. The highest BCUT2D eigenvalue weighted by Crippen LogP contribution is 2.15. The number of halogens is 1. The van der Waals surface area contributed by atoms with Crippen molar-refractivity contribution in [3.05, 3.63) is 39.4 Å². The minimum atomic E-state index is -0.563. The summed E-state index contributed by atoms with van der Waals surface area (Å²) in [5.74, 6) is 5.34. The lowest BCUT2D eigenvalue weighted by molar-refractivity contribution is -0.384. The minimum Gasteiger partial charge on any atom is -0.258 e. The van der Waals surface area contributed by atoms with Crippen LogP contribution in [0.4, 0.5) is 5.69 Å². The van der Waals surface area contributed by atoms with Crippen LogP contribution in [0.5, 0.6) is 0 Å². The summed E-state index contributed by atoms with van der Waals surface area (Å²) in [6.45, 7) is 0. The van der Waals surface area contributed by atoms with Gasteiger partial charge in [-0.15, -0.1) is 11.6 Å². The van der Waals surface area contributed by atoms with Gasteiger partial charge in [0.25, 0.3) is 5.69 Å². The topological polar surface area (TPSA) is 66.9 Å². The van der Waals surface area contributed by atoms with Crippen LogP contribution in [0.3, 0.4) is 0 Å². The zero-order valence-electron chi connectivity index (χ0n) is 7.53. The first-order chi connectivity index (χ1) is 7.17. The molecule has 0 aliphatic carbocycles. The molecule has 0 aliphatic rings. The lowest BCUT2D eigenvalue weighted by Gasteiger charge is -1.94. The number of nitro benzene ring substituents is 1. The van der Waals surface area contributed by atoms with Gasteiger partial charge in [-0.1, -0.05) is 11.8 Å². The van der Waals surface area contributed by atoms with Crippen LogP contribution in [0.15, 0.2) is 18.2 Å². The first-order valence-corrected chi connectivity index (χ1v) is 4.45. The van der Waals surface area contributed by atoms with Gasteiger partial charge in [0.1, 0.15) is 0 Å². The number of rotatable bonds is 1. The number of non-ortho nitro benzene ring substituents is 1. The van der Waals surface area contributed by atoms with Gasteiger partial charge < -0.3 is 0 Å². The van der Waals surface area contributed by atoms with E-state index in [4.69, 9.17) is 16.9 Å². The fraction of sp³-hybridized carbons (Fsp3) is 0.100. The van der Waals surface area contributed by atoms with E-state index >= 15 is 0 Å². The first kappa shape index (κ1) is 11.0. The number of benzene rings is 1. The fourth-order valence-electron chi connectivity index (χ4n) is 0.989. The zero-order valence-corrected chi connectivity index (χ0v) is 8.28. The van der Waals surface area contributed by atoms with Gasteiger partial charge in [-0.25, -0.2) is 0 Å². The lowest BCUT2D eigenvalue weighted by Crippen LogP contribution is -1.90. The van der Waals surface area contributed by atoms with E-state index in [-0.39, 0.29) is 17.1 Å². The number of hydrogen-bond donors (Lipinski definition) is 0. The van der Waals surface area contributed by atoms with Crippen LogP contribution in [-0.4, -0.2) is 10.8 Å². The van der Waals surface area contributed by atoms with Gasteiger partial charge in [-0.2, -0.15) is 5.26 Å². The smallest absolute Gasteiger partial charge is 0.258 e. The summed E-state index contributed by atoms with van der Waals surface area (Å²) < 4.78 is 0. The second-order valence-corrected chi connectivity index (χ2v) is 2.84. The van der Waals surface area contributed by atoms with Crippen molar-refractivity contribution in [1.29, 1.82) is 5.26 Å². The van der Waals surface area contributed by atoms with E-state index in [1.54, 1.807) is 0 Å². The summed E-state index contributed by atoms with van der Waals surface area (Å²) in [6, 6.07) is 5.82. The number of nitrogens with zero attached hydrogens (tertiary/aromatic N) is 2. The molecule has 4 nitrogen and oxygen atoms in total. The number of nitro groups is 1. The van der Waals surface area contributed by atoms with Gasteiger partial charge in [0.2, 0.25) is 0 Å². The van der Waals surface area contributed by atoms with Crippen LogP contribution in [0.1, 0.15) is 11.1 Å². The maximum Gasteiger partial charge on any atom is 0.271 e. The molecule has 0 fully saturated rings. The van der Waals surface area contributed by atoms with Crippen molar-refractivity contribution < 1.29 is 4.92 Å². The molecule has 1 aromatic carbocycles. The largest absolute Gasteiger partial charge is 0.271 e. The Bertz CT molecular complexity index is 494. The normalized spacial score (nSPS) is 8.53. The Morgan fingerprint density at radius 1 is 1.40 bits per heavy atom. The fourth-order valence-corrected chi connectivity index (χ4v) is 1.06. The van der Waals surface area contributed by atoms with Crippen molar-refractivity contribution in [3.8, 4) is 17.9 Å². The Hall–Kier alpha value is -2.04. The molecule has 5 heteroatoms. The van der Waals surface area contributed by atoms with Crippen LogP contribution in [-0.2, 0) is 0 Å². The van der Waals surface area contributed by atoms with Crippen LogP contribution in [0.25, 0.3) is 0 Å². The van der Waals surface area contributed by atoms with Crippen molar-refractivity contribution in [3.63, 3.8) is 0 Å². The second kappa shape index (κ2) is 4.99. The first-order valence-electron chi connectivity index (χ1n) is 3.92. The Morgan fingerprint density at radius 3 is 2.60 bits per heavy atom. The molecular formula is C10H5ClN2O2. The Labute approximate surface area is 91.2 Å². The van der Waals surface area contributed by atoms with Crippen LogP contribution in [0.2, 0.25) is 0 Å². The molecule has 0 saturated carbocycles. The van der Waals surface area contributed by atoms with Gasteiger partial charge in [0, 0.05) is 17.7 Å². The molecule has 0 bridgehead atoms. The second-order valence-electron chi connectivity index (χ2n) is 2.57. The summed E-state index contributed by atoms with van der Waals surface area (Å²) in [7, 11) is 0. The van der Waals surface area contributed by atoms with E-state index in [1.807, 2.05) is 6.07 Å². The zero-order chi connectivity index (χ0) is 11.3. The molecule has 0 heterocycles. The number of alkyl halides is 1. The van der Waals surface area contributed by atoms with Gasteiger partial charge in [-0.05, 0) is 6.07 Å². The van der Waals surface area contributed by atoms with E-state index < -0.39 is 4.92 Å². The standard InChI is InChI=1S/C10H5ClN2O2/c11-3-1-2-8-4-9(7-12)6-10(5-8)13(14)15/h4-6H,3H2. The molecular weight excluding hydrogens is 216 g/mol. The van der Waals surface area contributed by atoms with E-state index in [0.717, 1.165) is 0 Å². The van der Waals surface area contributed by atoms with Gasteiger partial charge >= 0.3 is 0 Å². The quantitative estimate of drug-likeness (QED) is 0.315. The van der Waals surface area contributed by atoms with Crippen molar-refractivity contribution in [1.82, 2.24) is 0 Å². The molecule has 15 heavy (non-hydrogen) atoms. The van der Waals surface area contributed by atoms with E-state index in [0.29, 0.717) is 5.56 Å². The maximum absolute atomic E-state index is 10.5. The number of nitriles is 1. The van der Waals surface area contributed by atoms with Crippen LogP contribution in [0, 0.1) is 33.3 Å². The maximum atomic E-state index is 10.5. The van der Waals surface area contributed by atoms with Crippen molar-refractivity contribution >= 4 is 17.3 Å². The molecule has 0 aromatic heterocycles. The van der Waals surface area contributed by atoms with Crippen LogP contribution >= 0.6 is 11.6 Å². The molecule has 0 unspecified atom stereocenters.